The summed E-state index contributed by atoms with van der Waals surface area (Å²) < 4.78 is 5.22. The molecule has 0 spiro atoms. The van der Waals surface area contributed by atoms with Crippen LogP contribution in [0.25, 0.3) is 0 Å². The Morgan fingerprint density at radius 3 is 3.00 bits per heavy atom. The summed E-state index contributed by atoms with van der Waals surface area (Å²) >= 11 is 0. The van der Waals surface area contributed by atoms with Gasteiger partial charge in [-0.15, -0.1) is 0 Å². The van der Waals surface area contributed by atoms with E-state index in [4.69, 9.17) is 10.5 Å². The molecule has 1 fully saturated rings. The van der Waals surface area contributed by atoms with Crippen LogP contribution in [-0.2, 0) is 9.53 Å². The van der Waals surface area contributed by atoms with Crippen molar-refractivity contribution in [3.8, 4) is 0 Å². The Hall–Kier alpha value is -0.610. The maximum atomic E-state index is 11.6. The Labute approximate surface area is 111 Å². The second-order valence-electron chi connectivity index (χ2n) is 5.23. The molecule has 3 N–H and O–H groups in total. The van der Waals surface area contributed by atoms with Gasteiger partial charge >= 0.3 is 0 Å². The molecule has 0 heterocycles. The summed E-state index contributed by atoms with van der Waals surface area (Å²) in [6, 6.07) is 0.359. The van der Waals surface area contributed by atoms with Gasteiger partial charge in [-0.1, -0.05) is 12.8 Å². The van der Waals surface area contributed by atoms with Crippen LogP contribution in [0, 0.1) is 5.92 Å². The van der Waals surface area contributed by atoms with Gasteiger partial charge in [0.05, 0.1) is 0 Å². The molecule has 0 saturated heterocycles. The second-order valence-corrected chi connectivity index (χ2v) is 5.23. The Morgan fingerprint density at radius 2 is 2.28 bits per heavy atom. The van der Waals surface area contributed by atoms with Crippen LogP contribution in [0.15, 0.2) is 0 Å². The molecule has 0 aromatic carbocycles. The smallest absolute Gasteiger partial charge is 0.220 e. The Bertz CT molecular complexity index is 234. The van der Waals surface area contributed by atoms with Crippen molar-refractivity contribution in [2.24, 2.45) is 11.7 Å². The van der Waals surface area contributed by atoms with Gasteiger partial charge in [0, 0.05) is 32.2 Å². The fourth-order valence-corrected chi connectivity index (χ4v) is 2.56. The van der Waals surface area contributed by atoms with Crippen LogP contribution in [0.5, 0.6) is 0 Å². The van der Waals surface area contributed by atoms with Crippen molar-refractivity contribution in [2.45, 2.75) is 57.9 Å². The third-order valence-electron chi connectivity index (χ3n) is 3.59. The molecule has 1 amide bonds. The van der Waals surface area contributed by atoms with Gasteiger partial charge in [0.1, 0.15) is 0 Å². The van der Waals surface area contributed by atoms with Gasteiger partial charge in [-0.25, -0.2) is 0 Å². The topological polar surface area (TPSA) is 64.3 Å². The lowest BCUT2D eigenvalue weighted by atomic mass is 9.83. The number of nitrogens with one attached hydrogen (secondary N) is 1. The third-order valence-corrected chi connectivity index (χ3v) is 3.59. The molecule has 2 atom stereocenters. The standard InChI is InChI=1S/C14H28N2O2/c1-2-18-10-4-9-16-14(17)8-7-12-5-3-6-13(15)11-12/h12-13H,2-11,15H2,1H3,(H,16,17). The maximum absolute atomic E-state index is 11.6. The number of amides is 1. The van der Waals surface area contributed by atoms with Crippen molar-refractivity contribution in [3.05, 3.63) is 0 Å². The first kappa shape index (κ1) is 15.4. The lowest BCUT2D eigenvalue weighted by molar-refractivity contribution is -0.121. The van der Waals surface area contributed by atoms with Crippen LogP contribution in [-0.4, -0.2) is 31.7 Å². The van der Waals surface area contributed by atoms with Crippen LogP contribution in [0.1, 0.15) is 51.9 Å². The first-order chi connectivity index (χ1) is 8.72. The summed E-state index contributed by atoms with van der Waals surface area (Å²) in [5.41, 5.74) is 5.94. The first-order valence-corrected chi connectivity index (χ1v) is 7.32. The largest absolute Gasteiger partial charge is 0.382 e. The fraction of sp³-hybridized carbons (Fsp3) is 0.929. The molecule has 0 radical (unpaired) electrons. The zero-order chi connectivity index (χ0) is 13.2. The van der Waals surface area contributed by atoms with E-state index >= 15 is 0 Å². The highest BCUT2D eigenvalue weighted by Gasteiger charge is 2.19. The third kappa shape index (κ3) is 6.97. The summed E-state index contributed by atoms with van der Waals surface area (Å²) in [4.78, 5) is 11.6. The summed E-state index contributed by atoms with van der Waals surface area (Å²) in [6.07, 6.45) is 7.25. The van der Waals surface area contributed by atoms with Gasteiger partial charge in [0.25, 0.3) is 0 Å². The van der Waals surface area contributed by atoms with Crippen LogP contribution >= 0.6 is 0 Å². The van der Waals surface area contributed by atoms with Gasteiger partial charge in [-0.05, 0) is 38.5 Å². The second kappa shape index (κ2) is 9.34. The lowest BCUT2D eigenvalue weighted by Crippen LogP contribution is -2.29. The van der Waals surface area contributed by atoms with E-state index in [1.165, 1.54) is 12.8 Å². The lowest BCUT2D eigenvalue weighted by Gasteiger charge is -2.26. The molecular formula is C14H28N2O2. The Balaban J connectivity index is 1.99. The molecule has 1 aliphatic rings. The predicted molar refractivity (Wildman–Crippen MR) is 73.3 cm³/mol. The van der Waals surface area contributed by atoms with E-state index in [9.17, 15) is 4.79 Å². The molecule has 0 aliphatic heterocycles. The zero-order valence-electron chi connectivity index (χ0n) is 11.6. The molecule has 1 saturated carbocycles. The molecule has 0 aromatic rings. The summed E-state index contributed by atoms with van der Waals surface area (Å²) in [5.74, 6) is 0.827. The van der Waals surface area contributed by atoms with Crippen molar-refractivity contribution in [1.82, 2.24) is 5.32 Å². The maximum Gasteiger partial charge on any atom is 0.220 e. The van der Waals surface area contributed by atoms with Crippen molar-refractivity contribution >= 4 is 5.91 Å². The van der Waals surface area contributed by atoms with Crippen LogP contribution in [0.3, 0.4) is 0 Å². The van der Waals surface area contributed by atoms with E-state index in [2.05, 4.69) is 5.32 Å². The number of hydrogen-bond donors (Lipinski definition) is 2. The highest BCUT2D eigenvalue weighted by Crippen LogP contribution is 2.26. The molecule has 4 nitrogen and oxygen atoms in total. The molecule has 4 heteroatoms. The highest BCUT2D eigenvalue weighted by molar-refractivity contribution is 5.75. The number of rotatable bonds is 8. The molecule has 106 valence electrons. The van der Waals surface area contributed by atoms with Crippen LogP contribution in [0.4, 0.5) is 0 Å². The molecule has 0 bridgehead atoms. The van der Waals surface area contributed by atoms with Crippen molar-refractivity contribution in [3.63, 3.8) is 0 Å². The van der Waals surface area contributed by atoms with Crippen LogP contribution < -0.4 is 11.1 Å². The van der Waals surface area contributed by atoms with E-state index in [-0.39, 0.29) is 5.91 Å². The average molecular weight is 256 g/mol. The van der Waals surface area contributed by atoms with E-state index in [0.29, 0.717) is 18.4 Å². The minimum atomic E-state index is 0.172. The van der Waals surface area contributed by atoms with Gasteiger partial charge < -0.3 is 15.8 Å². The first-order valence-electron chi connectivity index (χ1n) is 7.32. The van der Waals surface area contributed by atoms with E-state index in [0.717, 1.165) is 45.4 Å². The Morgan fingerprint density at radius 1 is 1.44 bits per heavy atom. The van der Waals surface area contributed by atoms with E-state index in [1.54, 1.807) is 0 Å². The van der Waals surface area contributed by atoms with Gasteiger partial charge in [-0.3, -0.25) is 4.79 Å². The van der Waals surface area contributed by atoms with E-state index in [1.807, 2.05) is 6.92 Å². The SMILES string of the molecule is CCOCCCNC(=O)CCC1CCCC(N)C1. The number of hydrogen-bond acceptors (Lipinski definition) is 3. The van der Waals surface area contributed by atoms with E-state index < -0.39 is 0 Å². The summed E-state index contributed by atoms with van der Waals surface area (Å²) in [7, 11) is 0. The minimum absolute atomic E-state index is 0.172. The van der Waals surface area contributed by atoms with Crippen molar-refractivity contribution < 1.29 is 9.53 Å². The molecule has 0 aromatic heterocycles. The zero-order valence-corrected chi connectivity index (χ0v) is 11.6. The molecule has 1 rings (SSSR count). The number of carbonyl (C=O) groups is 1. The molecular weight excluding hydrogens is 228 g/mol. The number of nitrogens with two attached hydrogens (primary N) is 1. The number of ether oxygens (including phenoxy) is 1. The quantitative estimate of drug-likeness (QED) is 0.651. The van der Waals surface area contributed by atoms with Gasteiger partial charge in [0.15, 0.2) is 0 Å². The molecule has 2 unspecified atom stereocenters. The number of carbonyl (C=O) groups excluding carboxylic acids is 1. The fourth-order valence-electron chi connectivity index (χ4n) is 2.56. The predicted octanol–water partition coefficient (Wildman–Crippen LogP) is 1.83. The normalized spacial score (nSPS) is 23.9. The minimum Gasteiger partial charge on any atom is -0.382 e. The van der Waals surface area contributed by atoms with Crippen molar-refractivity contribution in [1.29, 1.82) is 0 Å². The van der Waals surface area contributed by atoms with Gasteiger partial charge in [-0.2, -0.15) is 0 Å². The monoisotopic (exact) mass is 256 g/mol. The summed E-state index contributed by atoms with van der Waals surface area (Å²) in [5, 5.41) is 2.94. The molecule has 18 heavy (non-hydrogen) atoms. The van der Waals surface area contributed by atoms with Crippen molar-refractivity contribution in [2.75, 3.05) is 19.8 Å². The van der Waals surface area contributed by atoms with Gasteiger partial charge in [0.2, 0.25) is 5.91 Å². The molecule has 1 aliphatic carbocycles. The van der Waals surface area contributed by atoms with Crippen LogP contribution in [0.2, 0.25) is 0 Å². The Kier molecular flexibility index (Phi) is 8.01. The summed E-state index contributed by atoms with van der Waals surface area (Å²) in [6.45, 7) is 4.18. The highest BCUT2D eigenvalue weighted by atomic mass is 16.5. The average Bonchev–Trinajstić information content (AvgIpc) is 2.36.